The SMILES string of the molecule is CC1CCC(C(=O)O)C(C2CCOC3(CCSC3)C2)C1. The first-order valence-electron chi connectivity index (χ1n) is 8.04. The number of carbonyl (C=O) groups is 1. The van der Waals surface area contributed by atoms with Gasteiger partial charge < -0.3 is 9.84 Å². The second kappa shape index (κ2) is 5.88. The van der Waals surface area contributed by atoms with Crippen LogP contribution in [-0.4, -0.2) is 34.8 Å². The molecule has 3 nitrogen and oxygen atoms in total. The molecule has 1 spiro atoms. The van der Waals surface area contributed by atoms with Crippen molar-refractivity contribution in [1.29, 1.82) is 0 Å². The Labute approximate surface area is 125 Å². The van der Waals surface area contributed by atoms with Gasteiger partial charge in [0.1, 0.15) is 0 Å². The Hall–Kier alpha value is -0.220. The van der Waals surface area contributed by atoms with Crippen molar-refractivity contribution in [1.82, 2.24) is 0 Å². The van der Waals surface area contributed by atoms with Crippen molar-refractivity contribution >= 4 is 17.7 Å². The molecule has 114 valence electrons. The second-order valence-electron chi connectivity index (χ2n) is 7.11. The van der Waals surface area contributed by atoms with E-state index < -0.39 is 5.97 Å². The van der Waals surface area contributed by atoms with Gasteiger partial charge >= 0.3 is 5.97 Å². The van der Waals surface area contributed by atoms with Crippen LogP contribution in [0.4, 0.5) is 0 Å². The average molecular weight is 298 g/mol. The van der Waals surface area contributed by atoms with E-state index in [1.54, 1.807) is 0 Å². The zero-order valence-electron chi connectivity index (χ0n) is 12.3. The Bertz CT molecular complexity index is 365. The van der Waals surface area contributed by atoms with Gasteiger partial charge in [0.15, 0.2) is 0 Å². The van der Waals surface area contributed by atoms with Crippen molar-refractivity contribution in [2.75, 3.05) is 18.1 Å². The van der Waals surface area contributed by atoms with Crippen molar-refractivity contribution in [3.8, 4) is 0 Å². The number of hydrogen-bond donors (Lipinski definition) is 1. The average Bonchev–Trinajstić information content (AvgIpc) is 2.86. The smallest absolute Gasteiger partial charge is 0.306 e. The molecule has 1 aliphatic carbocycles. The van der Waals surface area contributed by atoms with E-state index in [0.29, 0.717) is 17.8 Å². The van der Waals surface area contributed by atoms with Crippen molar-refractivity contribution in [3.05, 3.63) is 0 Å². The highest BCUT2D eigenvalue weighted by Crippen LogP contribution is 2.47. The lowest BCUT2D eigenvalue weighted by molar-refractivity contribution is -0.150. The van der Waals surface area contributed by atoms with Gasteiger partial charge in [0, 0.05) is 12.4 Å². The van der Waals surface area contributed by atoms with Gasteiger partial charge in [-0.25, -0.2) is 0 Å². The highest BCUT2D eigenvalue weighted by Gasteiger charge is 2.46. The van der Waals surface area contributed by atoms with Gasteiger partial charge in [-0.1, -0.05) is 6.92 Å². The van der Waals surface area contributed by atoms with Crippen LogP contribution in [0.1, 0.15) is 45.4 Å². The molecule has 0 aromatic heterocycles. The lowest BCUT2D eigenvalue weighted by Gasteiger charge is -2.44. The van der Waals surface area contributed by atoms with Crippen molar-refractivity contribution < 1.29 is 14.6 Å². The van der Waals surface area contributed by atoms with E-state index in [1.165, 1.54) is 5.75 Å². The third-order valence-electron chi connectivity index (χ3n) is 5.68. The maximum absolute atomic E-state index is 11.6. The fraction of sp³-hybridized carbons (Fsp3) is 0.938. The number of carboxylic acid groups (broad SMARTS) is 1. The summed E-state index contributed by atoms with van der Waals surface area (Å²) in [7, 11) is 0. The van der Waals surface area contributed by atoms with Crippen LogP contribution < -0.4 is 0 Å². The maximum Gasteiger partial charge on any atom is 0.306 e. The summed E-state index contributed by atoms with van der Waals surface area (Å²) in [6, 6.07) is 0. The van der Waals surface area contributed by atoms with Crippen molar-refractivity contribution in [2.45, 2.75) is 51.0 Å². The topological polar surface area (TPSA) is 46.5 Å². The van der Waals surface area contributed by atoms with Crippen LogP contribution >= 0.6 is 11.8 Å². The first kappa shape index (κ1) is 14.7. The molecule has 5 atom stereocenters. The molecule has 2 heterocycles. The van der Waals surface area contributed by atoms with Crippen LogP contribution in [0, 0.1) is 23.7 Å². The van der Waals surface area contributed by atoms with Gasteiger partial charge in [0.2, 0.25) is 0 Å². The van der Waals surface area contributed by atoms with E-state index in [9.17, 15) is 9.90 Å². The van der Waals surface area contributed by atoms with Crippen LogP contribution in [0.15, 0.2) is 0 Å². The minimum atomic E-state index is -0.566. The van der Waals surface area contributed by atoms with Gasteiger partial charge in [-0.15, -0.1) is 0 Å². The molecule has 1 N–H and O–H groups in total. The molecule has 3 rings (SSSR count). The third kappa shape index (κ3) is 2.87. The zero-order chi connectivity index (χ0) is 14.2. The van der Waals surface area contributed by atoms with E-state index in [4.69, 9.17) is 4.74 Å². The summed E-state index contributed by atoms with van der Waals surface area (Å²) in [5.74, 6) is 3.27. The molecule has 1 saturated carbocycles. The molecule has 4 heteroatoms. The molecular weight excluding hydrogens is 272 g/mol. The van der Waals surface area contributed by atoms with E-state index in [1.807, 2.05) is 11.8 Å². The number of aliphatic carboxylic acids is 1. The molecule has 3 fully saturated rings. The first-order chi connectivity index (χ1) is 9.60. The minimum absolute atomic E-state index is 0.0807. The van der Waals surface area contributed by atoms with E-state index in [2.05, 4.69) is 6.92 Å². The molecule has 5 unspecified atom stereocenters. The molecule has 0 amide bonds. The van der Waals surface area contributed by atoms with Gasteiger partial charge in [-0.3, -0.25) is 4.79 Å². The van der Waals surface area contributed by atoms with Gasteiger partial charge in [-0.05, 0) is 62.0 Å². The predicted molar refractivity (Wildman–Crippen MR) is 81.0 cm³/mol. The molecule has 3 aliphatic rings. The summed E-state index contributed by atoms with van der Waals surface area (Å²) < 4.78 is 6.10. The van der Waals surface area contributed by atoms with Crippen LogP contribution in [0.5, 0.6) is 0 Å². The van der Waals surface area contributed by atoms with E-state index in [0.717, 1.165) is 50.9 Å². The summed E-state index contributed by atoms with van der Waals surface area (Å²) in [5.41, 5.74) is 0.0807. The van der Waals surface area contributed by atoms with Crippen molar-refractivity contribution in [2.24, 2.45) is 23.7 Å². The monoisotopic (exact) mass is 298 g/mol. The largest absolute Gasteiger partial charge is 0.481 e. The molecule has 0 aromatic carbocycles. The molecule has 0 bridgehead atoms. The normalized spacial score (nSPS) is 45.6. The molecule has 20 heavy (non-hydrogen) atoms. The van der Waals surface area contributed by atoms with Crippen LogP contribution in [-0.2, 0) is 9.53 Å². The lowest BCUT2D eigenvalue weighted by atomic mass is 9.65. The predicted octanol–water partition coefficient (Wildman–Crippen LogP) is 3.43. The third-order valence-corrected chi connectivity index (χ3v) is 6.91. The summed E-state index contributed by atoms with van der Waals surface area (Å²) >= 11 is 1.99. The molecule has 0 aromatic rings. The second-order valence-corrected chi connectivity index (χ2v) is 8.22. The zero-order valence-corrected chi connectivity index (χ0v) is 13.2. The van der Waals surface area contributed by atoms with E-state index >= 15 is 0 Å². The summed E-state index contributed by atoms with van der Waals surface area (Å²) in [5, 5.41) is 9.55. The Balaban J connectivity index is 1.73. The fourth-order valence-corrected chi connectivity index (χ4v) is 5.93. The van der Waals surface area contributed by atoms with Crippen LogP contribution in [0.3, 0.4) is 0 Å². The van der Waals surface area contributed by atoms with Crippen molar-refractivity contribution in [3.63, 3.8) is 0 Å². The van der Waals surface area contributed by atoms with Crippen LogP contribution in [0.2, 0.25) is 0 Å². The molecule has 2 aliphatic heterocycles. The summed E-state index contributed by atoms with van der Waals surface area (Å²) in [6.45, 7) is 3.12. The van der Waals surface area contributed by atoms with Gasteiger partial charge in [0.25, 0.3) is 0 Å². The number of hydrogen-bond acceptors (Lipinski definition) is 3. The standard InChI is InChI=1S/C16H26O3S/c1-11-2-3-13(15(17)18)14(8-11)12-4-6-19-16(9-12)5-7-20-10-16/h11-14H,2-10H2,1H3,(H,17,18). The molecule has 2 saturated heterocycles. The van der Waals surface area contributed by atoms with Crippen LogP contribution in [0.25, 0.3) is 0 Å². The maximum atomic E-state index is 11.6. The quantitative estimate of drug-likeness (QED) is 0.848. The summed E-state index contributed by atoms with van der Waals surface area (Å²) in [6.07, 6.45) is 6.38. The number of rotatable bonds is 2. The van der Waals surface area contributed by atoms with Gasteiger partial charge in [0.05, 0.1) is 11.5 Å². The Morgan fingerprint density at radius 1 is 1.35 bits per heavy atom. The first-order valence-corrected chi connectivity index (χ1v) is 9.20. The lowest BCUT2D eigenvalue weighted by Crippen LogP contribution is -2.45. The highest BCUT2D eigenvalue weighted by molar-refractivity contribution is 7.99. The molecular formula is C16H26O3S. The highest BCUT2D eigenvalue weighted by atomic mass is 32.2. The summed E-state index contributed by atoms with van der Waals surface area (Å²) in [4.78, 5) is 11.6. The van der Waals surface area contributed by atoms with Gasteiger partial charge in [-0.2, -0.15) is 11.8 Å². The van der Waals surface area contributed by atoms with E-state index in [-0.39, 0.29) is 11.5 Å². The number of ether oxygens (including phenoxy) is 1. The molecule has 0 radical (unpaired) electrons. The number of carboxylic acids is 1. The minimum Gasteiger partial charge on any atom is -0.481 e. The number of thioether (sulfide) groups is 1. The Kier molecular flexibility index (Phi) is 4.32. The fourth-order valence-electron chi connectivity index (χ4n) is 4.55. The Morgan fingerprint density at radius 2 is 2.20 bits per heavy atom. The Morgan fingerprint density at radius 3 is 2.90 bits per heavy atom.